The van der Waals surface area contributed by atoms with E-state index in [0.717, 1.165) is 11.5 Å². The summed E-state index contributed by atoms with van der Waals surface area (Å²) in [7, 11) is 0. The smallest absolute Gasteiger partial charge is 0.548 e. The van der Waals surface area contributed by atoms with E-state index in [1.165, 1.54) is 16.7 Å². The average Bonchev–Trinajstić information content (AvgIpc) is 3.14. The molecule has 1 aromatic carbocycles. The van der Waals surface area contributed by atoms with E-state index in [1.54, 1.807) is 39.0 Å². The van der Waals surface area contributed by atoms with E-state index in [-0.39, 0.29) is 29.6 Å². The van der Waals surface area contributed by atoms with Crippen LogP contribution in [0.15, 0.2) is 18.2 Å². The van der Waals surface area contributed by atoms with Crippen molar-refractivity contribution in [3.8, 4) is 11.3 Å². The predicted octanol–water partition coefficient (Wildman–Crippen LogP) is -0.660. The minimum atomic E-state index is -1.30. The zero-order valence-corrected chi connectivity index (χ0v) is 22.2. The first kappa shape index (κ1) is 24.8. The van der Waals surface area contributed by atoms with Crippen LogP contribution in [0.4, 0.5) is 0 Å². The van der Waals surface area contributed by atoms with Crippen LogP contribution in [0.3, 0.4) is 0 Å². The molecule has 0 saturated carbocycles. The van der Waals surface area contributed by atoms with Gasteiger partial charge < -0.3 is 20.1 Å². The van der Waals surface area contributed by atoms with Gasteiger partial charge in [-0.3, -0.25) is 9.59 Å². The number of aromatic nitrogens is 1. The number of nitrogens with zero attached hydrogens (tertiary/aromatic N) is 2. The first-order valence-electron chi connectivity index (χ1n) is 8.97. The van der Waals surface area contributed by atoms with E-state index in [9.17, 15) is 19.5 Å². The Bertz CT molecular complexity index is 1070. The maximum Gasteiger partial charge on any atom is 1.00 e. The maximum absolute atomic E-state index is 13.1. The molecule has 3 heterocycles. The third kappa shape index (κ3) is 4.03. The van der Waals surface area contributed by atoms with Crippen molar-refractivity contribution in [2.45, 2.75) is 43.0 Å². The van der Waals surface area contributed by atoms with E-state index in [4.69, 9.17) is 23.2 Å². The van der Waals surface area contributed by atoms with E-state index >= 15 is 0 Å². The van der Waals surface area contributed by atoms with E-state index in [0.29, 0.717) is 31.7 Å². The number of carboxylic acids is 1. The van der Waals surface area contributed by atoms with Crippen LogP contribution in [0.5, 0.6) is 0 Å². The number of β-lactam (4-membered cyclic amide) rings is 1. The number of benzene rings is 1. The molecule has 0 bridgehead atoms. The molecule has 1 aromatic heterocycles. The molecule has 0 spiro atoms. The van der Waals surface area contributed by atoms with Gasteiger partial charge in [0.15, 0.2) is 0 Å². The number of aliphatic carboxylic acids is 1. The molecule has 2 aromatic rings. The molecule has 0 aliphatic carbocycles. The summed E-state index contributed by atoms with van der Waals surface area (Å²) < 4.78 is 3.62. The van der Waals surface area contributed by atoms with Crippen LogP contribution in [0.1, 0.15) is 29.1 Å². The SMILES string of the molecule is Cc1snc(-c2c(Cl)cccc2Cl)c1C(=O)NC1C(=O)N2C1SC(C)(C)C2C(=O)[O-].[Na+]. The average molecular weight is 508 g/mol. The fourth-order valence-corrected chi connectivity index (χ4v) is 6.76. The minimum absolute atomic E-state index is 0. The number of aryl methyl sites for hydroxylation is 1. The molecule has 1 N–H and O–H groups in total. The Morgan fingerprint density at radius 2 is 1.87 bits per heavy atom. The molecule has 3 unspecified atom stereocenters. The van der Waals surface area contributed by atoms with Crippen LogP contribution in [0.2, 0.25) is 10.0 Å². The van der Waals surface area contributed by atoms with Crippen molar-refractivity contribution in [1.29, 1.82) is 0 Å². The largest absolute Gasteiger partial charge is 1.00 e. The molecular weight excluding hydrogens is 492 g/mol. The number of carbonyl (C=O) groups is 3. The molecular formula is C19H16Cl2N3NaO4S2. The number of rotatable bonds is 4. The number of amides is 2. The number of carbonyl (C=O) groups excluding carboxylic acids is 3. The predicted molar refractivity (Wildman–Crippen MR) is 115 cm³/mol. The van der Waals surface area contributed by atoms with E-state index in [2.05, 4.69) is 9.69 Å². The van der Waals surface area contributed by atoms with Crippen LogP contribution in [0, 0.1) is 6.92 Å². The number of hydrogen-bond acceptors (Lipinski definition) is 7. The molecule has 2 fully saturated rings. The molecule has 0 radical (unpaired) electrons. The van der Waals surface area contributed by atoms with Crippen molar-refractivity contribution in [1.82, 2.24) is 14.6 Å². The number of thioether (sulfide) groups is 1. The Kier molecular flexibility index (Phi) is 7.09. The Morgan fingerprint density at radius 1 is 1.26 bits per heavy atom. The quantitative estimate of drug-likeness (QED) is 0.435. The number of hydrogen-bond donors (Lipinski definition) is 1. The number of halogens is 2. The summed E-state index contributed by atoms with van der Waals surface area (Å²) in [6.45, 7) is 5.23. The Morgan fingerprint density at radius 3 is 2.45 bits per heavy atom. The van der Waals surface area contributed by atoms with Crippen LogP contribution < -0.4 is 40.0 Å². The molecule has 2 aliphatic heterocycles. The summed E-state index contributed by atoms with van der Waals surface area (Å²) in [6.07, 6.45) is 0. The number of carboxylic acid groups (broad SMARTS) is 1. The molecule has 2 saturated heterocycles. The molecule has 4 rings (SSSR count). The molecule has 31 heavy (non-hydrogen) atoms. The minimum Gasteiger partial charge on any atom is -0.548 e. The van der Waals surface area contributed by atoms with Crippen LogP contribution in [0.25, 0.3) is 11.3 Å². The van der Waals surface area contributed by atoms with Crippen molar-refractivity contribution in [2.75, 3.05) is 0 Å². The van der Waals surface area contributed by atoms with Gasteiger partial charge in [0.05, 0.1) is 27.6 Å². The van der Waals surface area contributed by atoms with Crippen molar-refractivity contribution >= 4 is 64.3 Å². The molecule has 2 aliphatic rings. The van der Waals surface area contributed by atoms with Gasteiger partial charge >= 0.3 is 29.6 Å². The Labute approximate surface area is 219 Å². The second kappa shape index (κ2) is 8.85. The molecule has 3 atom stereocenters. The van der Waals surface area contributed by atoms with Crippen LogP contribution in [-0.4, -0.2) is 49.3 Å². The van der Waals surface area contributed by atoms with Crippen molar-refractivity contribution in [3.63, 3.8) is 0 Å². The second-order valence-electron chi connectivity index (χ2n) is 7.59. The number of nitrogens with one attached hydrogen (secondary N) is 1. The summed E-state index contributed by atoms with van der Waals surface area (Å²) >= 11 is 15.0. The summed E-state index contributed by atoms with van der Waals surface area (Å²) in [4.78, 5) is 39.2. The Hall–Kier alpha value is -0.810. The molecule has 2 amide bonds. The Balaban J connectivity index is 0.00000272. The summed E-state index contributed by atoms with van der Waals surface area (Å²) in [5, 5.41) is 14.5. The zero-order valence-electron chi connectivity index (χ0n) is 17.1. The van der Waals surface area contributed by atoms with Crippen molar-refractivity contribution < 1.29 is 49.0 Å². The molecule has 7 nitrogen and oxygen atoms in total. The first-order valence-corrected chi connectivity index (χ1v) is 11.4. The van der Waals surface area contributed by atoms with Crippen LogP contribution in [-0.2, 0) is 9.59 Å². The van der Waals surface area contributed by atoms with Gasteiger partial charge in [0.25, 0.3) is 5.91 Å². The van der Waals surface area contributed by atoms with Gasteiger partial charge in [0, 0.05) is 15.2 Å². The van der Waals surface area contributed by atoms with Gasteiger partial charge in [-0.15, -0.1) is 11.8 Å². The van der Waals surface area contributed by atoms with E-state index < -0.39 is 40.0 Å². The standard InChI is InChI=1S/C19H17Cl2N3O4S2.Na/c1-7-10(12(23-30-7)11-8(20)5-4-6-9(11)21)15(25)22-13-16(26)24-14(18(27)28)19(2,3)29-17(13)24;/h4-6,13-14,17H,1-3H3,(H,22,25)(H,27,28);/q;+1/p-1. The summed E-state index contributed by atoms with van der Waals surface area (Å²) in [5.41, 5.74) is 1.09. The fraction of sp³-hybridized carbons (Fsp3) is 0.368. The van der Waals surface area contributed by atoms with Gasteiger partial charge in [-0.1, -0.05) is 29.3 Å². The van der Waals surface area contributed by atoms with Gasteiger partial charge in [0.1, 0.15) is 17.1 Å². The topological polar surface area (TPSA) is 102 Å². The maximum atomic E-state index is 13.1. The van der Waals surface area contributed by atoms with Gasteiger partial charge in [0.2, 0.25) is 5.91 Å². The monoisotopic (exact) mass is 507 g/mol. The summed E-state index contributed by atoms with van der Waals surface area (Å²) in [5.74, 6) is -2.24. The zero-order chi connectivity index (χ0) is 22.0. The van der Waals surface area contributed by atoms with Gasteiger partial charge in [-0.25, -0.2) is 0 Å². The van der Waals surface area contributed by atoms with Crippen molar-refractivity contribution in [3.05, 3.63) is 38.7 Å². The fourth-order valence-electron chi connectivity index (χ4n) is 3.87. The third-order valence-corrected chi connectivity index (χ3v) is 8.19. The summed E-state index contributed by atoms with van der Waals surface area (Å²) in [6, 6.07) is 3.13. The van der Waals surface area contributed by atoms with Gasteiger partial charge in [-0.2, -0.15) is 4.37 Å². The molecule has 12 heteroatoms. The van der Waals surface area contributed by atoms with Crippen LogP contribution >= 0.6 is 46.5 Å². The van der Waals surface area contributed by atoms with E-state index in [1.807, 2.05) is 0 Å². The van der Waals surface area contributed by atoms with Crippen molar-refractivity contribution in [2.24, 2.45) is 0 Å². The molecule has 158 valence electrons. The van der Waals surface area contributed by atoms with Gasteiger partial charge in [-0.05, 0) is 44.4 Å². The normalized spacial score (nSPS) is 23.6. The first-order chi connectivity index (χ1) is 14.0. The third-order valence-electron chi connectivity index (χ3n) is 5.24. The number of fused-ring (bicyclic) bond motifs is 1. The second-order valence-corrected chi connectivity index (χ2v) is 11.2.